The van der Waals surface area contributed by atoms with Gasteiger partial charge >= 0.3 is 0 Å². The predicted molar refractivity (Wildman–Crippen MR) is 56.6 cm³/mol. The molecule has 0 radical (unpaired) electrons. The van der Waals surface area contributed by atoms with Crippen molar-refractivity contribution in [3.63, 3.8) is 0 Å². The van der Waals surface area contributed by atoms with Gasteiger partial charge in [0.2, 0.25) is 0 Å². The number of nitrogens with one attached hydrogen (secondary N) is 1. The van der Waals surface area contributed by atoms with Gasteiger partial charge in [0.25, 0.3) is 0 Å². The first kappa shape index (κ1) is 10.4. The fraction of sp³-hybridized carbons (Fsp3) is 1.00. The average molecular weight is 188 g/mol. The van der Waals surface area contributed by atoms with Crippen LogP contribution in [0.25, 0.3) is 0 Å². The molecule has 72 valence electrons. The zero-order valence-electron chi connectivity index (χ0n) is 8.31. The molecule has 1 fully saturated rings. The lowest BCUT2D eigenvalue weighted by atomic mass is 9.80. The van der Waals surface area contributed by atoms with Crippen LogP contribution in [0.1, 0.15) is 20.3 Å². The number of rotatable bonds is 2. The standard InChI is InChI=1S/C9H20N2S/c1-8(2)4-9(5-10,11-3)7-12-6-8/h11H,4-7,10H2,1-3H3. The molecule has 0 aromatic carbocycles. The van der Waals surface area contributed by atoms with E-state index in [4.69, 9.17) is 5.73 Å². The Labute approximate surface area is 79.7 Å². The summed E-state index contributed by atoms with van der Waals surface area (Å²) < 4.78 is 0. The van der Waals surface area contributed by atoms with E-state index in [2.05, 4.69) is 19.2 Å². The number of nitrogens with two attached hydrogens (primary N) is 1. The largest absolute Gasteiger partial charge is 0.329 e. The first-order valence-corrected chi connectivity index (χ1v) is 5.66. The molecule has 1 aliphatic heterocycles. The Morgan fingerprint density at radius 2 is 2.08 bits per heavy atom. The second-order valence-electron chi connectivity index (χ2n) is 4.57. The molecule has 1 saturated heterocycles. The van der Waals surface area contributed by atoms with E-state index in [1.165, 1.54) is 12.2 Å². The normalized spacial score (nSPS) is 35.0. The first-order chi connectivity index (χ1) is 5.54. The van der Waals surface area contributed by atoms with Crippen LogP contribution >= 0.6 is 11.8 Å². The molecule has 0 saturated carbocycles. The molecule has 2 nitrogen and oxygen atoms in total. The highest BCUT2D eigenvalue weighted by molar-refractivity contribution is 7.99. The lowest BCUT2D eigenvalue weighted by Gasteiger charge is -2.43. The van der Waals surface area contributed by atoms with Crippen LogP contribution in [-0.4, -0.2) is 30.6 Å². The number of hydrogen-bond acceptors (Lipinski definition) is 3. The van der Waals surface area contributed by atoms with Gasteiger partial charge in [0, 0.05) is 17.8 Å². The monoisotopic (exact) mass is 188 g/mol. The van der Waals surface area contributed by atoms with Crippen LogP contribution in [0.5, 0.6) is 0 Å². The van der Waals surface area contributed by atoms with E-state index in [0.717, 1.165) is 12.3 Å². The summed E-state index contributed by atoms with van der Waals surface area (Å²) in [6.45, 7) is 5.39. The third-order valence-corrected chi connectivity index (χ3v) is 4.35. The fourth-order valence-corrected chi connectivity index (χ4v) is 3.45. The molecular weight excluding hydrogens is 168 g/mol. The third kappa shape index (κ3) is 2.15. The SMILES string of the molecule is CNC1(CN)CSCC(C)(C)C1. The molecule has 3 heteroatoms. The summed E-state index contributed by atoms with van der Waals surface area (Å²) in [7, 11) is 2.02. The van der Waals surface area contributed by atoms with Gasteiger partial charge in [0.1, 0.15) is 0 Å². The van der Waals surface area contributed by atoms with Crippen LogP contribution < -0.4 is 11.1 Å². The Morgan fingerprint density at radius 3 is 2.42 bits per heavy atom. The second-order valence-corrected chi connectivity index (χ2v) is 5.55. The van der Waals surface area contributed by atoms with Gasteiger partial charge in [-0.25, -0.2) is 0 Å². The smallest absolute Gasteiger partial charge is 0.0398 e. The summed E-state index contributed by atoms with van der Waals surface area (Å²) in [5, 5.41) is 3.38. The Hall–Kier alpha value is 0.270. The molecule has 1 aliphatic rings. The topological polar surface area (TPSA) is 38.0 Å². The Balaban J connectivity index is 2.65. The summed E-state index contributed by atoms with van der Waals surface area (Å²) in [6.07, 6.45) is 1.19. The maximum atomic E-state index is 5.79. The van der Waals surface area contributed by atoms with E-state index in [-0.39, 0.29) is 5.54 Å². The van der Waals surface area contributed by atoms with Gasteiger partial charge in [0.15, 0.2) is 0 Å². The minimum absolute atomic E-state index is 0.187. The maximum Gasteiger partial charge on any atom is 0.0398 e. The number of hydrogen-bond donors (Lipinski definition) is 2. The Bertz CT molecular complexity index is 153. The Morgan fingerprint density at radius 1 is 1.42 bits per heavy atom. The maximum absolute atomic E-state index is 5.79. The van der Waals surface area contributed by atoms with Gasteiger partial charge in [-0.1, -0.05) is 13.8 Å². The van der Waals surface area contributed by atoms with Crippen LogP contribution in [-0.2, 0) is 0 Å². The van der Waals surface area contributed by atoms with E-state index < -0.39 is 0 Å². The third-order valence-electron chi connectivity index (χ3n) is 2.61. The van der Waals surface area contributed by atoms with Crippen molar-refractivity contribution >= 4 is 11.8 Å². The van der Waals surface area contributed by atoms with Gasteiger partial charge in [-0.3, -0.25) is 0 Å². The molecule has 0 aliphatic carbocycles. The molecule has 3 N–H and O–H groups in total. The Kier molecular flexibility index (Phi) is 3.07. The van der Waals surface area contributed by atoms with E-state index in [9.17, 15) is 0 Å². The van der Waals surface area contributed by atoms with Crippen molar-refractivity contribution in [3.05, 3.63) is 0 Å². The van der Waals surface area contributed by atoms with Crippen molar-refractivity contribution < 1.29 is 0 Å². The average Bonchev–Trinajstić information content (AvgIpc) is 2.02. The summed E-state index contributed by atoms with van der Waals surface area (Å²) in [4.78, 5) is 0. The van der Waals surface area contributed by atoms with E-state index in [1.54, 1.807) is 0 Å². The second kappa shape index (κ2) is 3.56. The zero-order chi connectivity index (χ0) is 9.24. The van der Waals surface area contributed by atoms with Crippen LogP contribution in [0.15, 0.2) is 0 Å². The molecule has 12 heavy (non-hydrogen) atoms. The van der Waals surface area contributed by atoms with Crippen molar-refractivity contribution in [1.29, 1.82) is 0 Å². The minimum Gasteiger partial charge on any atom is -0.329 e. The van der Waals surface area contributed by atoms with Crippen molar-refractivity contribution in [2.45, 2.75) is 25.8 Å². The zero-order valence-corrected chi connectivity index (χ0v) is 9.13. The van der Waals surface area contributed by atoms with Crippen LogP contribution in [0, 0.1) is 5.41 Å². The lowest BCUT2D eigenvalue weighted by molar-refractivity contribution is 0.240. The highest BCUT2D eigenvalue weighted by Gasteiger charge is 2.38. The van der Waals surface area contributed by atoms with E-state index >= 15 is 0 Å². The molecule has 0 bridgehead atoms. The molecule has 1 heterocycles. The van der Waals surface area contributed by atoms with Gasteiger partial charge in [-0.15, -0.1) is 0 Å². The molecule has 1 unspecified atom stereocenters. The fourth-order valence-electron chi connectivity index (χ4n) is 1.93. The minimum atomic E-state index is 0.187. The summed E-state index contributed by atoms with van der Waals surface area (Å²) in [6, 6.07) is 0. The first-order valence-electron chi connectivity index (χ1n) is 4.50. The molecule has 0 aromatic heterocycles. The summed E-state index contributed by atoms with van der Waals surface area (Å²) in [5.74, 6) is 2.42. The summed E-state index contributed by atoms with van der Waals surface area (Å²) in [5.41, 5.74) is 6.42. The molecular formula is C9H20N2S. The highest BCUT2D eigenvalue weighted by atomic mass is 32.2. The molecule has 0 spiro atoms. The van der Waals surface area contributed by atoms with Crippen LogP contribution in [0.2, 0.25) is 0 Å². The summed E-state index contributed by atoms with van der Waals surface area (Å²) >= 11 is 2.02. The molecule has 1 rings (SSSR count). The van der Waals surface area contributed by atoms with Crippen molar-refractivity contribution in [2.24, 2.45) is 11.1 Å². The van der Waals surface area contributed by atoms with Crippen molar-refractivity contribution in [1.82, 2.24) is 5.32 Å². The molecule has 1 atom stereocenters. The molecule has 0 amide bonds. The van der Waals surface area contributed by atoms with Gasteiger partial charge in [-0.2, -0.15) is 11.8 Å². The predicted octanol–water partition coefficient (Wildman–Crippen LogP) is 1.07. The van der Waals surface area contributed by atoms with Gasteiger partial charge < -0.3 is 11.1 Å². The van der Waals surface area contributed by atoms with E-state index in [1.807, 2.05) is 18.8 Å². The van der Waals surface area contributed by atoms with Gasteiger partial charge in [-0.05, 0) is 24.6 Å². The van der Waals surface area contributed by atoms with Crippen LogP contribution in [0.3, 0.4) is 0 Å². The number of thioether (sulfide) groups is 1. The highest BCUT2D eigenvalue weighted by Crippen LogP contribution is 2.38. The van der Waals surface area contributed by atoms with Crippen LogP contribution in [0.4, 0.5) is 0 Å². The van der Waals surface area contributed by atoms with E-state index in [0.29, 0.717) is 5.41 Å². The van der Waals surface area contributed by atoms with Crippen molar-refractivity contribution in [3.8, 4) is 0 Å². The van der Waals surface area contributed by atoms with Gasteiger partial charge in [0.05, 0.1) is 0 Å². The quantitative estimate of drug-likeness (QED) is 0.681. The van der Waals surface area contributed by atoms with Crippen molar-refractivity contribution in [2.75, 3.05) is 25.1 Å². The molecule has 0 aromatic rings. The lowest BCUT2D eigenvalue weighted by Crippen LogP contribution is -2.56. The number of likely N-dealkylation sites (N-methyl/N-ethyl adjacent to an activating group) is 1.